The van der Waals surface area contributed by atoms with Gasteiger partial charge in [0.2, 0.25) is 0 Å². The maximum atomic E-state index is 9.22. The van der Waals surface area contributed by atoms with Gasteiger partial charge in [-0.05, 0) is 36.6 Å². The molecule has 108 valence electrons. The van der Waals surface area contributed by atoms with E-state index in [4.69, 9.17) is 11.6 Å². The Morgan fingerprint density at radius 3 is 2.62 bits per heavy atom. The Hall–Kier alpha value is -2.00. The van der Waals surface area contributed by atoms with E-state index in [1.165, 1.54) is 5.56 Å². The number of benzene rings is 2. The third-order valence-electron chi connectivity index (χ3n) is 3.80. The molecule has 0 bridgehead atoms. The number of hydrogen-bond donors (Lipinski definition) is 1. The van der Waals surface area contributed by atoms with Crippen molar-refractivity contribution in [2.75, 3.05) is 11.4 Å². The highest BCUT2D eigenvalue weighted by Crippen LogP contribution is 2.28. The number of halogens is 1. The van der Waals surface area contributed by atoms with Gasteiger partial charge < -0.3 is 10.1 Å². The van der Waals surface area contributed by atoms with Crippen molar-refractivity contribution in [2.24, 2.45) is 5.16 Å². The molecular weight excluding hydrogens is 284 g/mol. The maximum Gasteiger partial charge on any atom is 0.0889 e. The van der Waals surface area contributed by atoms with E-state index in [1.54, 1.807) is 0 Å². The Bertz CT molecular complexity index is 652. The molecule has 0 atom stereocenters. The number of fused-ring (bicyclic) bond motifs is 1. The molecule has 2 aromatic rings. The predicted molar refractivity (Wildman–Crippen MR) is 86.5 cm³/mol. The van der Waals surface area contributed by atoms with E-state index in [-0.39, 0.29) is 0 Å². The molecule has 3 nitrogen and oxygen atoms in total. The lowest BCUT2D eigenvalue weighted by Gasteiger charge is -2.24. The summed E-state index contributed by atoms with van der Waals surface area (Å²) in [6.07, 6.45) is 1.77. The van der Waals surface area contributed by atoms with E-state index < -0.39 is 0 Å². The second-order valence-electron chi connectivity index (χ2n) is 5.22. The third-order valence-corrected chi connectivity index (χ3v) is 4.06. The summed E-state index contributed by atoms with van der Waals surface area (Å²) in [7, 11) is 0. The Morgan fingerprint density at radius 1 is 1.10 bits per heavy atom. The molecule has 0 aromatic heterocycles. The van der Waals surface area contributed by atoms with Gasteiger partial charge in [-0.2, -0.15) is 0 Å². The number of anilines is 1. The second-order valence-corrected chi connectivity index (χ2v) is 5.65. The van der Waals surface area contributed by atoms with Gasteiger partial charge in [0.25, 0.3) is 0 Å². The molecular formula is C17H17ClN2O. The Balaban J connectivity index is 1.93. The molecule has 1 aliphatic rings. The van der Waals surface area contributed by atoms with E-state index in [1.807, 2.05) is 30.3 Å². The van der Waals surface area contributed by atoms with Crippen LogP contribution in [0.25, 0.3) is 0 Å². The maximum absolute atomic E-state index is 9.22. The van der Waals surface area contributed by atoms with Gasteiger partial charge in [-0.25, -0.2) is 0 Å². The van der Waals surface area contributed by atoms with Crippen LogP contribution in [0.4, 0.5) is 5.69 Å². The van der Waals surface area contributed by atoms with Gasteiger partial charge >= 0.3 is 0 Å². The van der Waals surface area contributed by atoms with Crippen molar-refractivity contribution in [2.45, 2.75) is 19.4 Å². The Kier molecular flexibility index (Phi) is 4.11. The first-order valence-electron chi connectivity index (χ1n) is 7.07. The normalized spacial score (nSPS) is 16.6. The van der Waals surface area contributed by atoms with Gasteiger partial charge in [0.05, 0.1) is 5.71 Å². The highest BCUT2D eigenvalue weighted by molar-refractivity contribution is 6.30. The van der Waals surface area contributed by atoms with Crippen molar-refractivity contribution >= 4 is 23.0 Å². The van der Waals surface area contributed by atoms with E-state index in [9.17, 15) is 5.21 Å². The van der Waals surface area contributed by atoms with Crippen molar-refractivity contribution in [1.29, 1.82) is 0 Å². The number of rotatable bonds is 2. The zero-order valence-corrected chi connectivity index (χ0v) is 12.4. The molecule has 3 rings (SSSR count). The van der Waals surface area contributed by atoms with Crippen molar-refractivity contribution in [1.82, 2.24) is 0 Å². The van der Waals surface area contributed by atoms with Crippen LogP contribution in [-0.4, -0.2) is 17.5 Å². The molecule has 0 unspecified atom stereocenters. The number of nitrogens with zero attached hydrogens (tertiary/aromatic N) is 2. The van der Waals surface area contributed by atoms with Crippen LogP contribution in [0.15, 0.2) is 53.7 Å². The van der Waals surface area contributed by atoms with Gasteiger partial charge in [-0.3, -0.25) is 0 Å². The van der Waals surface area contributed by atoms with Crippen LogP contribution >= 0.6 is 11.6 Å². The lowest BCUT2D eigenvalue weighted by molar-refractivity contribution is 0.318. The quantitative estimate of drug-likeness (QED) is 0.662. The molecule has 0 radical (unpaired) electrons. The van der Waals surface area contributed by atoms with Gasteiger partial charge in [-0.1, -0.05) is 47.1 Å². The summed E-state index contributed by atoms with van der Waals surface area (Å²) in [5.74, 6) is 0. The summed E-state index contributed by atoms with van der Waals surface area (Å²) >= 11 is 5.94. The zero-order chi connectivity index (χ0) is 14.7. The first-order chi connectivity index (χ1) is 10.3. The molecule has 1 aliphatic heterocycles. The summed E-state index contributed by atoms with van der Waals surface area (Å²) in [6.45, 7) is 1.77. The standard InChI is InChI=1S/C17H17ClN2O/c18-14-9-7-13(8-10-14)12-20-11-3-5-16(19-21)15-4-1-2-6-17(15)20/h1-2,4,6-10,21H,3,5,11-12H2/b19-16-. The Morgan fingerprint density at radius 2 is 1.86 bits per heavy atom. The SMILES string of the molecule is O/N=C1/CCCN(Cc2ccc(Cl)cc2)c2ccccc21. The van der Waals surface area contributed by atoms with Gasteiger partial charge in [0.15, 0.2) is 0 Å². The zero-order valence-electron chi connectivity index (χ0n) is 11.7. The van der Waals surface area contributed by atoms with E-state index in [2.05, 4.69) is 28.3 Å². The molecule has 0 saturated carbocycles. The molecule has 1 heterocycles. The van der Waals surface area contributed by atoms with E-state index in [0.29, 0.717) is 0 Å². The summed E-state index contributed by atoms with van der Waals surface area (Å²) in [6, 6.07) is 16.0. The first-order valence-corrected chi connectivity index (χ1v) is 7.45. The average Bonchev–Trinajstić information content (AvgIpc) is 2.69. The minimum atomic E-state index is 0.754. The van der Waals surface area contributed by atoms with E-state index >= 15 is 0 Å². The van der Waals surface area contributed by atoms with Crippen molar-refractivity contribution in [3.05, 3.63) is 64.7 Å². The summed E-state index contributed by atoms with van der Waals surface area (Å²) in [4.78, 5) is 2.33. The van der Waals surface area contributed by atoms with Crippen molar-refractivity contribution in [3.63, 3.8) is 0 Å². The van der Waals surface area contributed by atoms with Gasteiger partial charge in [0, 0.05) is 29.4 Å². The van der Waals surface area contributed by atoms with E-state index in [0.717, 1.165) is 47.9 Å². The van der Waals surface area contributed by atoms with Crippen LogP contribution in [0.5, 0.6) is 0 Å². The topological polar surface area (TPSA) is 35.8 Å². The molecule has 21 heavy (non-hydrogen) atoms. The van der Waals surface area contributed by atoms with Crippen LogP contribution in [0.3, 0.4) is 0 Å². The largest absolute Gasteiger partial charge is 0.411 e. The minimum absolute atomic E-state index is 0.754. The van der Waals surface area contributed by atoms with Crippen molar-refractivity contribution < 1.29 is 5.21 Å². The fourth-order valence-corrected chi connectivity index (χ4v) is 2.89. The van der Waals surface area contributed by atoms with Crippen LogP contribution in [-0.2, 0) is 6.54 Å². The Labute approximate surface area is 129 Å². The second kappa shape index (κ2) is 6.19. The molecule has 0 saturated heterocycles. The number of oxime groups is 1. The van der Waals surface area contributed by atoms with Crippen LogP contribution in [0.1, 0.15) is 24.0 Å². The fourth-order valence-electron chi connectivity index (χ4n) is 2.76. The van der Waals surface area contributed by atoms with Gasteiger partial charge in [-0.15, -0.1) is 0 Å². The average molecular weight is 301 g/mol. The third kappa shape index (κ3) is 3.03. The number of hydrogen-bond acceptors (Lipinski definition) is 3. The number of para-hydroxylation sites is 1. The molecule has 4 heteroatoms. The molecule has 2 aromatic carbocycles. The molecule has 0 spiro atoms. The summed E-state index contributed by atoms with van der Waals surface area (Å²) < 4.78 is 0. The van der Waals surface area contributed by atoms with Crippen LogP contribution in [0, 0.1) is 0 Å². The molecule has 0 fully saturated rings. The predicted octanol–water partition coefficient (Wildman–Crippen LogP) is 4.32. The van der Waals surface area contributed by atoms with Crippen LogP contribution < -0.4 is 4.90 Å². The highest BCUT2D eigenvalue weighted by atomic mass is 35.5. The fraction of sp³-hybridized carbons (Fsp3) is 0.235. The monoisotopic (exact) mass is 300 g/mol. The lowest BCUT2D eigenvalue weighted by atomic mass is 10.1. The summed E-state index contributed by atoms with van der Waals surface area (Å²) in [5.41, 5.74) is 4.13. The molecule has 0 amide bonds. The minimum Gasteiger partial charge on any atom is -0.411 e. The van der Waals surface area contributed by atoms with Gasteiger partial charge in [0.1, 0.15) is 0 Å². The van der Waals surface area contributed by atoms with Crippen LogP contribution in [0.2, 0.25) is 5.02 Å². The first kappa shape index (κ1) is 14.0. The molecule has 0 aliphatic carbocycles. The molecule has 1 N–H and O–H groups in total. The van der Waals surface area contributed by atoms with Crippen molar-refractivity contribution in [3.8, 4) is 0 Å². The smallest absolute Gasteiger partial charge is 0.0889 e. The highest BCUT2D eigenvalue weighted by Gasteiger charge is 2.19. The summed E-state index contributed by atoms with van der Waals surface area (Å²) in [5, 5.41) is 13.5. The lowest BCUT2D eigenvalue weighted by Crippen LogP contribution is -2.23.